The number of carbonyl (C=O) groups is 1. The SMILES string of the molecule is Cc1nc2ccc(C(=O)O)cc2n1C1CC1C. The van der Waals surface area contributed by atoms with Crippen molar-refractivity contribution >= 4 is 17.0 Å². The fourth-order valence-electron chi connectivity index (χ4n) is 2.43. The van der Waals surface area contributed by atoms with Gasteiger partial charge in [0.1, 0.15) is 5.82 Å². The second-order valence-corrected chi connectivity index (χ2v) is 4.82. The molecule has 1 saturated carbocycles. The molecule has 2 unspecified atom stereocenters. The van der Waals surface area contributed by atoms with Crippen molar-refractivity contribution in [1.29, 1.82) is 0 Å². The number of aryl methyl sites for hydroxylation is 1. The highest BCUT2D eigenvalue weighted by molar-refractivity contribution is 5.92. The zero-order valence-electron chi connectivity index (χ0n) is 9.84. The molecule has 2 aromatic rings. The van der Waals surface area contributed by atoms with Crippen molar-refractivity contribution < 1.29 is 9.90 Å². The number of nitrogens with zero attached hydrogens (tertiary/aromatic N) is 2. The molecule has 0 saturated heterocycles. The molecule has 0 radical (unpaired) electrons. The van der Waals surface area contributed by atoms with Crippen molar-refractivity contribution in [3.63, 3.8) is 0 Å². The van der Waals surface area contributed by atoms with E-state index in [-0.39, 0.29) is 0 Å². The predicted octanol–water partition coefficient (Wildman–Crippen LogP) is 2.62. The second kappa shape index (κ2) is 3.32. The number of rotatable bonds is 2. The molecule has 1 aromatic carbocycles. The highest BCUT2D eigenvalue weighted by Crippen LogP contribution is 2.45. The Morgan fingerprint density at radius 3 is 2.82 bits per heavy atom. The van der Waals surface area contributed by atoms with Crippen LogP contribution in [-0.2, 0) is 0 Å². The number of fused-ring (bicyclic) bond motifs is 1. The molecule has 17 heavy (non-hydrogen) atoms. The fourth-order valence-corrected chi connectivity index (χ4v) is 2.43. The number of carboxylic acids is 1. The minimum absolute atomic E-state index is 0.326. The molecule has 1 aliphatic carbocycles. The molecule has 3 rings (SSSR count). The quantitative estimate of drug-likeness (QED) is 0.862. The van der Waals surface area contributed by atoms with Crippen LogP contribution in [0.5, 0.6) is 0 Å². The maximum Gasteiger partial charge on any atom is 0.335 e. The van der Waals surface area contributed by atoms with Gasteiger partial charge in [-0.05, 0) is 37.5 Å². The van der Waals surface area contributed by atoms with Crippen LogP contribution in [0.4, 0.5) is 0 Å². The Morgan fingerprint density at radius 1 is 1.53 bits per heavy atom. The summed E-state index contributed by atoms with van der Waals surface area (Å²) in [5.74, 6) is 0.748. The fraction of sp³-hybridized carbons (Fsp3) is 0.385. The lowest BCUT2D eigenvalue weighted by molar-refractivity contribution is 0.0697. The van der Waals surface area contributed by atoms with Gasteiger partial charge in [0.05, 0.1) is 16.6 Å². The molecule has 0 bridgehead atoms. The Bertz CT molecular complexity index is 615. The smallest absolute Gasteiger partial charge is 0.335 e. The van der Waals surface area contributed by atoms with Gasteiger partial charge in [-0.3, -0.25) is 0 Å². The summed E-state index contributed by atoms with van der Waals surface area (Å²) >= 11 is 0. The van der Waals surface area contributed by atoms with Crippen LogP contribution in [0.2, 0.25) is 0 Å². The molecule has 1 aliphatic rings. The lowest BCUT2D eigenvalue weighted by atomic mass is 10.2. The van der Waals surface area contributed by atoms with Gasteiger partial charge < -0.3 is 9.67 Å². The minimum Gasteiger partial charge on any atom is -0.478 e. The van der Waals surface area contributed by atoms with Crippen LogP contribution in [0.25, 0.3) is 11.0 Å². The lowest BCUT2D eigenvalue weighted by Gasteiger charge is -2.05. The molecule has 88 valence electrons. The van der Waals surface area contributed by atoms with Crippen molar-refractivity contribution in [2.75, 3.05) is 0 Å². The monoisotopic (exact) mass is 230 g/mol. The normalized spacial score (nSPS) is 22.9. The average molecular weight is 230 g/mol. The highest BCUT2D eigenvalue weighted by atomic mass is 16.4. The van der Waals surface area contributed by atoms with Crippen molar-refractivity contribution in [2.24, 2.45) is 5.92 Å². The summed E-state index contributed by atoms with van der Waals surface area (Å²) in [5, 5.41) is 9.02. The zero-order valence-corrected chi connectivity index (χ0v) is 9.84. The first kappa shape index (κ1) is 10.3. The lowest BCUT2D eigenvalue weighted by Crippen LogP contribution is -2.00. The number of aromatic nitrogens is 2. The van der Waals surface area contributed by atoms with E-state index in [2.05, 4.69) is 16.5 Å². The van der Waals surface area contributed by atoms with Gasteiger partial charge in [-0.1, -0.05) is 6.92 Å². The molecular weight excluding hydrogens is 216 g/mol. The summed E-state index contributed by atoms with van der Waals surface area (Å²) in [4.78, 5) is 15.5. The first-order chi connectivity index (χ1) is 8.08. The number of aromatic carboxylic acids is 1. The first-order valence-corrected chi connectivity index (χ1v) is 5.80. The van der Waals surface area contributed by atoms with Crippen molar-refractivity contribution in [2.45, 2.75) is 26.3 Å². The second-order valence-electron chi connectivity index (χ2n) is 4.82. The van der Waals surface area contributed by atoms with Gasteiger partial charge in [-0.2, -0.15) is 0 Å². The summed E-state index contributed by atoms with van der Waals surface area (Å²) in [6.45, 7) is 4.18. The molecule has 1 aromatic heterocycles. The van der Waals surface area contributed by atoms with Crippen molar-refractivity contribution in [3.8, 4) is 0 Å². The van der Waals surface area contributed by atoms with Crippen molar-refractivity contribution in [3.05, 3.63) is 29.6 Å². The predicted molar refractivity (Wildman–Crippen MR) is 64.2 cm³/mol. The van der Waals surface area contributed by atoms with Gasteiger partial charge in [0.2, 0.25) is 0 Å². The van der Waals surface area contributed by atoms with Crippen LogP contribution < -0.4 is 0 Å². The number of carboxylic acid groups (broad SMARTS) is 1. The van der Waals surface area contributed by atoms with E-state index in [1.54, 1.807) is 18.2 Å². The summed E-state index contributed by atoms with van der Waals surface area (Å²) in [6, 6.07) is 5.61. The van der Waals surface area contributed by atoms with Crippen LogP contribution in [0, 0.1) is 12.8 Å². The molecule has 0 amide bonds. The Morgan fingerprint density at radius 2 is 2.24 bits per heavy atom. The standard InChI is InChI=1S/C13H14N2O2/c1-7-5-11(7)15-8(2)14-10-4-3-9(13(16)17)6-12(10)15/h3-4,6-7,11H,5H2,1-2H3,(H,16,17). The van der Waals surface area contributed by atoms with E-state index in [1.807, 2.05) is 6.92 Å². The molecule has 2 atom stereocenters. The third kappa shape index (κ3) is 1.52. The van der Waals surface area contributed by atoms with E-state index in [9.17, 15) is 4.79 Å². The molecule has 0 aliphatic heterocycles. The Labute approximate surface area is 98.9 Å². The zero-order chi connectivity index (χ0) is 12.2. The largest absolute Gasteiger partial charge is 0.478 e. The molecule has 1 heterocycles. The first-order valence-electron chi connectivity index (χ1n) is 5.80. The van der Waals surface area contributed by atoms with E-state index >= 15 is 0 Å². The summed E-state index contributed by atoms with van der Waals surface area (Å²) < 4.78 is 2.17. The van der Waals surface area contributed by atoms with Gasteiger partial charge in [0.25, 0.3) is 0 Å². The molecule has 4 nitrogen and oxygen atoms in total. The maximum atomic E-state index is 11.0. The third-order valence-corrected chi connectivity index (χ3v) is 3.51. The summed E-state index contributed by atoms with van der Waals surface area (Å²) in [5.41, 5.74) is 2.15. The van der Waals surface area contributed by atoms with Gasteiger partial charge in [0, 0.05) is 6.04 Å². The van der Waals surface area contributed by atoms with Gasteiger partial charge in [0.15, 0.2) is 0 Å². The van der Waals surface area contributed by atoms with E-state index in [0.29, 0.717) is 17.5 Å². The van der Waals surface area contributed by atoms with Crippen molar-refractivity contribution in [1.82, 2.24) is 9.55 Å². The topological polar surface area (TPSA) is 55.1 Å². The molecule has 4 heteroatoms. The average Bonchev–Trinajstić information content (AvgIpc) is 2.88. The minimum atomic E-state index is -0.888. The Hall–Kier alpha value is -1.84. The number of benzene rings is 1. The summed E-state index contributed by atoms with van der Waals surface area (Å²) in [7, 11) is 0. The van der Waals surface area contributed by atoms with Gasteiger partial charge in [-0.15, -0.1) is 0 Å². The number of imidazole rings is 1. The number of hydrogen-bond donors (Lipinski definition) is 1. The van der Waals surface area contributed by atoms with E-state index in [4.69, 9.17) is 5.11 Å². The van der Waals surface area contributed by atoms with Gasteiger partial charge in [-0.25, -0.2) is 9.78 Å². The highest BCUT2D eigenvalue weighted by Gasteiger charge is 2.36. The van der Waals surface area contributed by atoms with Crippen LogP contribution in [0.3, 0.4) is 0 Å². The van der Waals surface area contributed by atoms with Gasteiger partial charge >= 0.3 is 5.97 Å². The van der Waals surface area contributed by atoms with E-state index < -0.39 is 5.97 Å². The van der Waals surface area contributed by atoms with Crippen LogP contribution in [-0.4, -0.2) is 20.6 Å². The molecular formula is C13H14N2O2. The van der Waals surface area contributed by atoms with Crippen LogP contribution in [0.15, 0.2) is 18.2 Å². The maximum absolute atomic E-state index is 11.0. The van der Waals surface area contributed by atoms with Crippen LogP contribution in [0.1, 0.15) is 35.6 Å². The Kier molecular flexibility index (Phi) is 2.02. The van der Waals surface area contributed by atoms with E-state index in [1.165, 1.54) is 0 Å². The molecule has 1 fully saturated rings. The number of hydrogen-bond acceptors (Lipinski definition) is 2. The Balaban J connectivity index is 2.22. The third-order valence-electron chi connectivity index (χ3n) is 3.51. The summed E-state index contributed by atoms with van der Waals surface area (Å²) in [6.07, 6.45) is 1.16. The van der Waals surface area contributed by atoms with Crippen LogP contribution >= 0.6 is 0 Å². The molecule has 0 spiro atoms. The van der Waals surface area contributed by atoms with E-state index in [0.717, 1.165) is 23.3 Å². The molecule has 1 N–H and O–H groups in total.